The van der Waals surface area contributed by atoms with Gasteiger partial charge in [-0.05, 0) is 26.3 Å². The Hall–Kier alpha value is -2.61. The number of β-lactam (4-membered cyclic amide) rings is 1. The van der Waals surface area contributed by atoms with Crippen LogP contribution in [-0.2, 0) is 24.0 Å². The number of carboxylic acids is 1. The molecule has 0 unspecified atom stereocenters. The summed E-state index contributed by atoms with van der Waals surface area (Å²) in [5, 5.41) is 16.1. The number of benzene rings is 1. The Kier molecular flexibility index (Phi) is 8.62. The molecule has 1 aromatic carbocycles. The van der Waals surface area contributed by atoms with Gasteiger partial charge in [0, 0.05) is 24.4 Å². The number of hydrogen-bond donors (Lipinski definition) is 2. The summed E-state index contributed by atoms with van der Waals surface area (Å²) in [6, 6.07) is 3.92. The Morgan fingerprint density at radius 2 is 1.76 bits per heavy atom. The summed E-state index contributed by atoms with van der Waals surface area (Å²) in [7, 11) is 0. The minimum atomic E-state index is -1.37. The number of aliphatic carboxylic acids is 1. The molecular formula is C23H26N5NaO7S. The van der Waals surface area contributed by atoms with Crippen LogP contribution in [0.4, 0.5) is 4.79 Å². The van der Waals surface area contributed by atoms with Crippen molar-refractivity contribution in [2.45, 2.75) is 49.0 Å². The number of rotatable bonds is 6. The van der Waals surface area contributed by atoms with Gasteiger partial charge in [0.1, 0.15) is 17.5 Å². The van der Waals surface area contributed by atoms with Crippen LogP contribution in [0.5, 0.6) is 0 Å². The molecule has 37 heavy (non-hydrogen) atoms. The summed E-state index contributed by atoms with van der Waals surface area (Å²) in [5.74, 6) is -4.44. The van der Waals surface area contributed by atoms with Crippen LogP contribution in [0.15, 0.2) is 30.3 Å². The molecule has 3 fully saturated rings. The van der Waals surface area contributed by atoms with Crippen molar-refractivity contribution in [2.75, 3.05) is 19.6 Å². The van der Waals surface area contributed by atoms with Gasteiger partial charge in [0.15, 0.2) is 0 Å². The van der Waals surface area contributed by atoms with Gasteiger partial charge in [-0.2, -0.15) is 0 Å². The molecule has 4 atom stereocenters. The molecule has 192 valence electrons. The van der Waals surface area contributed by atoms with Crippen molar-refractivity contribution < 1.29 is 63.4 Å². The maximum absolute atomic E-state index is 13.3. The van der Waals surface area contributed by atoms with Gasteiger partial charge in [-0.25, -0.2) is 4.79 Å². The Morgan fingerprint density at radius 3 is 2.35 bits per heavy atom. The standard InChI is InChI=1S/C23H27N5O7S.Na/c1-4-26-10-11-27(19(32)18(26)31)22(35)25-13(12-8-6-5-7-9-12)16(29)24-14-17(30)28-15(21(33)34)23(2,3)36-20(14)28;/h5-9,13-15,20H,4,10-11H2,1-3H3,(H,24,29)(H,25,35)(H,33,34);/q;+1/p-1/t13-,14+,15-,20+;/m1./s1. The minimum Gasteiger partial charge on any atom is -0.548 e. The number of amides is 6. The van der Waals surface area contributed by atoms with Crippen LogP contribution >= 0.6 is 11.8 Å². The third-order valence-corrected chi connectivity index (χ3v) is 8.13. The predicted molar refractivity (Wildman–Crippen MR) is 125 cm³/mol. The molecule has 6 amide bonds. The normalized spacial score (nSPS) is 25.0. The molecule has 4 rings (SSSR count). The zero-order valence-corrected chi connectivity index (χ0v) is 23.7. The van der Waals surface area contributed by atoms with Gasteiger partial charge in [0.25, 0.3) is 0 Å². The maximum atomic E-state index is 13.3. The van der Waals surface area contributed by atoms with E-state index in [1.54, 1.807) is 51.1 Å². The molecule has 3 aliphatic rings. The van der Waals surface area contributed by atoms with Crippen LogP contribution in [-0.4, -0.2) is 92.2 Å². The van der Waals surface area contributed by atoms with Crippen molar-refractivity contribution in [3.05, 3.63) is 35.9 Å². The van der Waals surface area contributed by atoms with Gasteiger partial charge in [0.2, 0.25) is 11.8 Å². The first-order valence-electron chi connectivity index (χ1n) is 11.5. The number of carbonyl (C=O) groups is 6. The van der Waals surface area contributed by atoms with Crippen molar-refractivity contribution >= 4 is 47.4 Å². The quantitative estimate of drug-likeness (QED) is 0.208. The number of likely N-dealkylation sites (N-methyl/N-ethyl adjacent to an activating group) is 1. The van der Waals surface area contributed by atoms with Crippen molar-refractivity contribution in [3.8, 4) is 0 Å². The van der Waals surface area contributed by atoms with Crippen molar-refractivity contribution in [1.29, 1.82) is 0 Å². The number of hydrogen-bond acceptors (Lipinski definition) is 8. The van der Waals surface area contributed by atoms with Gasteiger partial charge < -0.3 is 30.3 Å². The van der Waals surface area contributed by atoms with Gasteiger partial charge in [-0.1, -0.05) is 30.3 Å². The fourth-order valence-corrected chi connectivity index (χ4v) is 6.30. The van der Waals surface area contributed by atoms with Crippen LogP contribution < -0.4 is 45.3 Å². The van der Waals surface area contributed by atoms with Crippen LogP contribution in [0.25, 0.3) is 0 Å². The molecule has 0 saturated carbocycles. The second-order valence-corrected chi connectivity index (χ2v) is 11.0. The smallest absolute Gasteiger partial charge is 0.548 e. The zero-order valence-electron chi connectivity index (χ0n) is 20.9. The molecule has 0 aromatic heterocycles. The maximum Gasteiger partial charge on any atom is 1.00 e. The minimum absolute atomic E-state index is 0. The SMILES string of the molecule is CCN1CCN(C(=O)N[C@@H](C(=O)N[C@H]2C(=O)N3[C@H]2SC(C)(C)[C@H]3C(=O)[O-])c2ccccc2)C(=O)C1=O.[Na+]. The fraction of sp³-hybridized carbons (Fsp3) is 0.478. The van der Waals surface area contributed by atoms with Gasteiger partial charge >= 0.3 is 47.4 Å². The van der Waals surface area contributed by atoms with Crippen molar-refractivity contribution in [3.63, 3.8) is 0 Å². The van der Waals surface area contributed by atoms with Crippen LogP contribution in [0.3, 0.4) is 0 Å². The van der Waals surface area contributed by atoms with E-state index in [9.17, 15) is 33.9 Å². The number of carbonyl (C=O) groups excluding carboxylic acids is 6. The molecule has 3 saturated heterocycles. The number of fused-ring (bicyclic) bond motifs is 1. The van der Waals surface area contributed by atoms with Crippen LogP contribution in [0.1, 0.15) is 32.4 Å². The Labute approximate surface area is 239 Å². The monoisotopic (exact) mass is 539 g/mol. The summed E-state index contributed by atoms with van der Waals surface area (Å²) in [4.78, 5) is 78.6. The number of urea groups is 1. The largest absolute Gasteiger partial charge is 1.00 e. The van der Waals surface area contributed by atoms with Crippen LogP contribution in [0.2, 0.25) is 0 Å². The average Bonchev–Trinajstić information content (AvgIpc) is 3.10. The predicted octanol–water partition coefficient (Wildman–Crippen LogP) is -4.57. The summed E-state index contributed by atoms with van der Waals surface area (Å²) >= 11 is 1.24. The van der Waals surface area contributed by atoms with Gasteiger partial charge in [-0.15, -0.1) is 11.8 Å². The summed E-state index contributed by atoms with van der Waals surface area (Å²) < 4.78 is -0.820. The van der Waals surface area contributed by atoms with E-state index in [0.717, 1.165) is 4.90 Å². The van der Waals surface area contributed by atoms with E-state index in [-0.39, 0.29) is 42.6 Å². The number of thioether (sulfide) groups is 1. The zero-order chi connectivity index (χ0) is 26.4. The molecule has 12 nitrogen and oxygen atoms in total. The van der Waals surface area contributed by atoms with E-state index in [2.05, 4.69) is 10.6 Å². The summed E-state index contributed by atoms with van der Waals surface area (Å²) in [6.07, 6.45) is 0. The van der Waals surface area contributed by atoms with E-state index < -0.39 is 63.9 Å². The second-order valence-electron chi connectivity index (χ2n) is 9.20. The third kappa shape index (κ3) is 5.22. The van der Waals surface area contributed by atoms with Crippen molar-refractivity contribution in [2.24, 2.45) is 0 Å². The Bertz CT molecular complexity index is 1130. The van der Waals surface area contributed by atoms with Gasteiger partial charge in [-0.3, -0.25) is 24.1 Å². The Balaban J connectivity index is 0.00000380. The first-order valence-corrected chi connectivity index (χ1v) is 12.3. The molecule has 0 spiro atoms. The topological polar surface area (TPSA) is 159 Å². The van der Waals surface area contributed by atoms with E-state index in [1.165, 1.54) is 21.6 Å². The first kappa shape index (κ1) is 29.0. The summed E-state index contributed by atoms with van der Waals surface area (Å²) in [6.45, 7) is 5.58. The third-order valence-electron chi connectivity index (χ3n) is 6.56. The van der Waals surface area contributed by atoms with E-state index in [1.807, 2.05) is 0 Å². The number of imide groups is 1. The fourth-order valence-electron chi connectivity index (χ4n) is 4.68. The second kappa shape index (κ2) is 11.0. The first-order chi connectivity index (χ1) is 17.0. The molecule has 0 radical (unpaired) electrons. The Morgan fingerprint density at radius 1 is 1.11 bits per heavy atom. The number of nitrogens with one attached hydrogen (secondary N) is 2. The van der Waals surface area contributed by atoms with E-state index in [0.29, 0.717) is 12.1 Å². The molecule has 14 heteroatoms. The van der Waals surface area contributed by atoms with Crippen LogP contribution in [0, 0.1) is 0 Å². The van der Waals surface area contributed by atoms with Crippen molar-refractivity contribution in [1.82, 2.24) is 25.3 Å². The van der Waals surface area contributed by atoms with Gasteiger partial charge in [0.05, 0.1) is 12.0 Å². The molecular weight excluding hydrogens is 513 g/mol. The number of piperazine rings is 1. The molecule has 3 heterocycles. The summed E-state index contributed by atoms with van der Waals surface area (Å²) in [5.41, 5.74) is 0.393. The number of nitrogens with zero attached hydrogens (tertiary/aromatic N) is 3. The van der Waals surface area contributed by atoms with E-state index >= 15 is 0 Å². The molecule has 0 bridgehead atoms. The van der Waals surface area contributed by atoms with E-state index in [4.69, 9.17) is 0 Å². The molecule has 3 aliphatic heterocycles. The molecule has 0 aliphatic carbocycles. The molecule has 1 aromatic rings. The average molecular weight is 540 g/mol. The number of carboxylic acid groups (broad SMARTS) is 1. The molecule has 2 N–H and O–H groups in total.